The summed E-state index contributed by atoms with van der Waals surface area (Å²) in [7, 11) is -3.30. The molecule has 15 heteroatoms. The van der Waals surface area contributed by atoms with E-state index in [0.717, 1.165) is 10.4 Å². The van der Waals surface area contributed by atoms with Gasteiger partial charge in [-0.15, -0.1) is 24.3 Å². The molecule has 11 nitrogen and oxygen atoms in total. The number of aromatic nitrogens is 4. The van der Waals surface area contributed by atoms with Gasteiger partial charge in [-0.1, -0.05) is 6.07 Å². The molecule has 43 heavy (non-hydrogen) atoms. The van der Waals surface area contributed by atoms with Crippen molar-refractivity contribution < 1.29 is 31.8 Å². The van der Waals surface area contributed by atoms with E-state index in [4.69, 9.17) is 13.9 Å². The minimum absolute atomic E-state index is 0.0259. The molecule has 0 saturated carbocycles. The fourth-order valence-electron chi connectivity index (χ4n) is 4.42. The number of pyridine rings is 1. The lowest BCUT2D eigenvalue weighted by atomic mass is 10.2. The van der Waals surface area contributed by atoms with E-state index < -0.39 is 35.3 Å². The highest BCUT2D eigenvalue weighted by atomic mass is 79.9. The van der Waals surface area contributed by atoms with Gasteiger partial charge in [-0.2, -0.15) is 19.6 Å². The molecule has 0 aliphatic carbocycles. The van der Waals surface area contributed by atoms with Gasteiger partial charge in [-0.05, 0) is 60.1 Å². The molecule has 0 amide bonds. The molecule has 0 fully saturated rings. The Morgan fingerprint density at radius 1 is 1.14 bits per heavy atom. The summed E-state index contributed by atoms with van der Waals surface area (Å²) in [6.45, 7) is 9.45. The van der Waals surface area contributed by atoms with Crippen LogP contribution in [0.3, 0.4) is 0 Å². The zero-order valence-corrected chi connectivity index (χ0v) is 28.4. The third kappa shape index (κ3) is 6.79. The third-order valence-electron chi connectivity index (χ3n) is 6.86. The van der Waals surface area contributed by atoms with Gasteiger partial charge in [0.15, 0.2) is 5.76 Å². The second-order valence-electron chi connectivity index (χ2n) is 11.2. The van der Waals surface area contributed by atoms with E-state index in [1.807, 2.05) is 0 Å². The largest absolute Gasteiger partial charge is 0.494 e. The Morgan fingerprint density at radius 2 is 1.79 bits per heavy atom. The molecule has 1 N–H and O–H groups in total. The first-order valence-corrected chi connectivity index (χ1v) is 19.4. The van der Waals surface area contributed by atoms with E-state index in [9.17, 15) is 17.9 Å². The Balaban J connectivity index is 1.97. The molecule has 0 radical (unpaired) electrons. The zero-order valence-electron chi connectivity index (χ0n) is 25.0. The van der Waals surface area contributed by atoms with Crippen LogP contribution in [0.5, 0.6) is 11.5 Å². The normalized spacial score (nSPS) is 13.5. The van der Waals surface area contributed by atoms with E-state index in [1.165, 1.54) is 31.9 Å². The number of hydrogen-bond acceptors (Lipinski definition) is 9. The van der Waals surface area contributed by atoms with E-state index in [2.05, 4.69) is 50.8 Å². The number of hydrogen-bond donors (Lipinski definition) is 1. The van der Waals surface area contributed by atoms with Crippen molar-refractivity contribution in [3.63, 3.8) is 0 Å². The number of nitrogens with zero attached hydrogens (tertiary/aromatic N) is 5. The summed E-state index contributed by atoms with van der Waals surface area (Å²) in [5.74, 6) is 0.961. The number of benzene rings is 1. The average molecular weight is 697 g/mol. The van der Waals surface area contributed by atoms with Gasteiger partial charge in [0.2, 0.25) is 21.8 Å². The topological polar surface area (TPSA) is 133 Å². The van der Waals surface area contributed by atoms with Crippen LogP contribution in [-0.4, -0.2) is 67.4 Å². The van der Waals surface area contributed by atoms with Crippen molar-refractivity contribution in [2.45, 2.75) is 50.9 Å². The molecular weight excluding hydrogens is 661 g/mol. The molecular formula is C28H35BrFN5O6SSi-. The molecule has 4 aromatic rings. The number of anilines is 1. The number of sulfonamides is 1. The highest BCUT2D eigenvalue weighted by molar-refractivity contribution is 9.10. The molecule has 233 valence electrons. The van der Waals surface area contributed by atoms with E-state index in [1.54, 1.807) is 37.3 Å². The molecule has 2 atom stereocenters. The van der Waals surface area contributed by atoms with Crippen LogP contribution < -0.4 is 13.8 Å². The van der Waals surface area contributed by atoms with E-state index >= 15 is 0 Å². The first-order valence-electron chi connectivity index (χ1n) is 13.4. The quantitative estimate of drug-likeness (QED) is 0.184. The SMILES string of the molecule is COc1cccc(OC)c1-n1c(-c2ccc(C)o2)nnc1N(CC[Si-](C)(C)C)S(=O)(=O)[C@@H](C)[C@@H](O)c1ncc(Br)cc1F. The van der Waals surface area contributed by atoms with Crippen LogP contribution in [-0.2, 0) is 10.0 Å². The molecule has 0 aliphatic heterocycles. The van der Waals surface area contributed by atoms with Crippen LogP contribution in [0.4, 0.5) is 10.3 Å². The average Bonchev–Trinajstić information content (AvgIpc) is 3.57. The lowest BCUT2D eigenvalue weighted by molar-refractivity contribution is 0.166. The fourth-order valence-corrected chi connectivity index (χ4v) is 7.32. The van der Waals surface area contributed by atoms with Crippen molar-refractivity contribution in [3.8, 4) is 28.8 Å². The number of ether oxygens (including phenoxy) is 2. The maximum atomic E-state index is 14.8. The first kappa shape index (κ1) is 32.6. The minimum Gasteiger partial charge on any atom is -0.494 e. The number of methoxy groups -OCH3 is 2. The van der Waals surface area contributed by atoms with E-state index in [-0.39, 0.29) is 24.0 Å². The zero-order chi connectivity index (χ0) is 31.7. The monoisotopic (exact) mass is 695 g/mol. The van der Waals surface area contributed by atoms with E-state index in [0.29, 0.717) is 39.2 Å². The summed E-state index contributed by atoms with van der Waals surface area (Å²) in [5, 5.41) is 18.4. The molecule has 1 aromatic carbocycles. The first-order chi connectivity index (χ1) is 20.2. The summed E-state index contributed by atoms with van der Waals surface area (Å²) in [6, 6.07) is 10.3. The highest BCUT2D eigenvalue weighted by Crippen LogP contribution is 2.40. The predicted molar refractivity (Wildman–Crippen MR) is 168 cm³/mol. The number of aliphatic hydroxyl groups excluding tert-OH is 1. The lowest BCUT2D eigenvalue weighted by Crippen LogP contribution is -2.44. The number of furan rings is 1. The predicted octanol–water partition coefficient (Wildman–Crippen LogP) is 5.75. The van der Waals surface area contributed by atoms with Crippen LogP contribution in [0.15, 0.2) is 51.5 Å². The van der Waals surface area contributed by atoms with Crippen LogP contribution in [0.1, 0.15) is 24.5 Å². The number of rotatable bonds is 12. The molecule has 0 saturated heterocycles. The second-order valence-corrected chi connectivity index (χ2v) is 19.9. The van der Waals surface area contributed by atoms with Crippen molar-refractivity contribution in [3.05, 3.63) is 64.3 Å². The standard InChI is InChI=1S/C28H35BrFN5O6SSi/c1-17-11-12-23(41-17)27-32-33-28(35(27)25-21(39-3)9-8-10-22(25)40-4)34(13-14-43(5,6)7)42(37,38)18(2)26(36)24-20(30)15-19(29)16-31-24/h8-12,15-16,18,26,36H,13-14H2,1-7H3/q-1/t18-,26+/m0/s1. The Kier molecular flexibility index (Phi) is 9.68. The summed E-state index contributed by atoms with van der Waals surface area (Å²) in [4.78, 5) is 3.96. The number of para-hydroxylation sites is 1. The number of aliphatic hydroxyl groups is 1. The van der Waals surface area contributed by atoms with Gasteiger partial charge < -0.3 is 19.0 Å². The Hall–Kier alpha value is -3.27. The molecule has 0 bridgehead atoms. The van der Waals surface area contributed by atoms with Gasteiger partial charge in [0.1, 0.15) is 45.8 Å². The van der Waals surface area contributed by atoms with Gasteiger partial charge in [0, 0.05) is 17.2 Å². The Labute approximate surface area is 259 Å². The third-order valence-corrected chi connectivity index (χ3v) is 11.2. The Bertz CT molecular complexity index is 1690. The van der Waals surface area contributed by atoms with Crippen molar-refractivity contribution in [1.82, 2.24) is 19.7 Å². The van der Waals surface area contributed by atoms with Gasteiger partial charge in [0.25, 0.3) is 0 Å². The minimum atomic E-state index is -4.43. The molecule has 4 rings (SSSR count). The fraction of sp³-hybridized carbons (Fsp3) is 0.393. The van der Waals surface area contributed by atoms with Crippen molar-refractivity contribution in [2.75, 3.05) is 25.1 Å². The summed E-state index contributed by atoms with van der Waals surface area (Å²) in [6.07, 6.45) is -0.483. The summed E-state index contributed by atoms with van der Waals surface area (Å²) >= 11 is 3.14. The van der Waals surface area contributed by atoms with Gasteiger partial charge >= 0.3 is 0 Å². The van der Waals surface area contributed by atoms with Crippen LogP contribution in [0, 0.1) is 12.7 Å². The lowest BCUT2D eigenvalue weighted by Gasteiger charge is -2.34. The molecule has 0 spiro atoms. The molecule has 3 aromatic heterocycles. The molecule has 3 heterocycles. The molecule has 0 unspecified atom stereocenters. The second kappa shape index (κ2) is 12.8. The van der Waals surface area contributed by atoms with Crippen molar-refractivity contribution >= 4 is 40.0 Å². The number of halogens is 2. The molecule has 0 aliphatic rings. The van der Waals surface area contributed by atoms with Crippen molar-refractivity contribution in [2.24, 2.45) is 0 Å². The maximum Gasteiger partial charge on any atom is 0.246 e. The van der Waals surface area contributed by atoms with Gasteiger partial charge in [-0.3, -0.25) is 9.55 Å². The van der Waals surface area contributed by atoms with Gasteiger partial charge in [0.05, 0.1) is 14.2 Å². The highest BCUT2D eigenvalue weighted by Gasteiger charge is 2.40. The van der Waals surface area contributed by atoms with Crippen molar-refractivity contribution in [1.29, 1.82) is 0 Å². The van der Waals surface area contributed by atoms with Crippen LogP contribution in [0.2, 0.25) is 25.7 Å². The van der Waals surface area contributed by atoms with Gasteiger partial charge in [-0.25, -0.2) is 17.1 Å². The maximum absolute atomic E-state index is 14.8. The number of aryl methyl sites for hydroxylation is 1. The van der Waals surface area contributed by atoms with Crippen LogP contribution >= 0.6 is 15.9 Å². The Morgan fingerprint density at radius 3 is 2.33 bits per heavy atom. The summed E-state index contributed by atoms with van der Waals surface area (Å²) < 4.78 is 63.9. The van der Waals surface area contributed by atoms with Crippen LogP contribution in [0.25, 0.3) is 17.3 Å². The smallest absolute Gasteiger partial charge is 0.246 e. The summed E-state index contributed by atoms with van der Waals surface area (Å²) in [5.41, 5.74) is -0.0392.